The first-order valence-electron chi connectivity index (χ1n) is 17.4. The van der Waals surface area contributed by atoms with Crippen LogP contribution in [0.1, 0.15) is 116 Å². The Bertz CT molecular complexity index is 1350. The maximum absolute atomic E-state index is 10.8. The second-order valence-electron chi connectivity index (χ2n) is 8.71. The second-order valence-corrected chi connectivity index (χ2v) is 8.71. The molecule has 0 heterocycles. The molecule has 0 bridgehead atoms. The average Bonchev–Trinajstić information content (AvgIpc) is 3.20. The molecule has 0 atom stereocenters. The summed E-state index contributed by atoms with van der Waals surface area (Å²) < 4.78 is 18.5. The molecule has 10 nitrogen and oxygen atoms in total. The molecule has 4 aromatic rings. The topological polar surface area (TPSA) is 146 Å². The fourth-order valence-electron chi connectivity index (χ4n) is 2.98. The molecular formula is C45H72O10Y. The quantitative estimate of drug-likeness (QED) is 0.142. The Balaban J connectivity index is -0.0000000891. The molecule has 0 amide bonds. The molecule has 4 aromatic carbocycles. The van der Waals surface area contributed by atoms with E-state index in [1.807, 2.05) is 91.8 Å². The number of rotatable bonds is 6. The molecule has 56 heavy (non-hydrogen) atoms. The summed E-state index contributed by atoms with van der Waals surface area (Å²) in [5, 5.41) is 16.8. The van der Waals surface area contributed by atoms with E-state index in [0.717, 1.165) is 12.2 Å². The largest absolute Gasteiger partial charge is 0.497 e. The number of aromatic carboxylic acids is 2. The van der Waals surface area contributed by atoms with Crippen LogP contribution in [0.25, 0.3) is 0 Å². The number of benzene rings is 4. The number of carboxylic acid groups (broad SMARTS) is 2. The molecule has 0 saturated heterocycles. The molecule has 4 rings (SSSR count). The molecule has 0 aliphatic rings. The molecule has 2 N–H and O–H groups in total. The summed E-state index contributed by atoms with van der Waals surface area (Å²) in [6, 6.07) is 32.1. The van der Waals surface area contributed by atoms with Crippen LogP contribution in [0.3, 0.4) is 0 Å². The molecule has 0 aliphatic carbocycles. The van der Waals surface area contributed by atoms with Crippen molar-refractivity contribution in [1.82, 2.24) is 0 Å². The zero-order valence-corrected chi connectivity index (χ0v) is 37.7. The minimum atomic E-state index is -0.879. The molecule has 0 saturated carbocycles. The van der Waals surface area contributed by atoms with Gasteiger partial charge in [-0.05, 0) is 66.1 Å². The van der Waals surface area contributed by atoms with Crippen molar-refractivity contribution in [2.75, 3.05) is 28.4 Å². The van der Waals surface area contributed by atoms with E-state index in [2.05, 4.69) is 9.47 Å². The van der Waals surface area contributed by atoms with Crippen molar-refractivity contribution < 1.29 is 81.0 Å². The Morgan fingerprint density at radius 2 is 0.750 bits per heavy atom. The Labute approximate surface area is 364 Å². The zero-order chi connectivity index (χ0) is 42.0. The van der Waals surface area contributed by atoms with Crippen LogP contribution in [0.15, 0.2) is 109 Å². The first-order valence-corrected chi connectivity index (χ1v) is 17.4. The first-order chi connectivity index (χ1) is 25.5. The van der Waals surface area contributed by atoms with Crippen molar-refractivity contribution >= 4 is 23.9 Å². The summed E-state index contributed by atoms with van der Waals surface area (Å²) in [5.41, 5.74) is 3.04. The van der Waals surface area contributed by atoms with E-state index in [-0.39, 0.29) is 59.5 Å². The van der Waals surface area contributed by atoms with E-state index in [0.29, 0.717) is 16.9 Å². The monoisotopic (exact) mass is 861 g/mol. The fraction of sp³-hybridized carbons (Fsp3) is 0.378. The number of esters is 2. The number of hydrogen-bond acceptors (Lipinski definition) is 8. The first kappa shape index (κ1) is 69.5. The van der Waals surface area contributed by atoms with Gasteiger partial charge in [-0.2, -0.15) is 0 Å². The zero-order valence-electron chi connectivity index (χ0n) is 34.8. The van der Waals surface area contributed by atoms with Crippen LogP contribution in [0.4, 0.5) is 0 Å². The summed E-state index contributed by atoms with van der Waals surface area (Å²) in [6.45, 7) is 18.8. The predicted molar refractivity (Wildman–Crippen MR) is 230 cm³/mol. The number of carbonyl (C=O) groups is 4. The van der Waals surface area contributed by atoms with Crippen molar-refractivity contribution in [3.63, 3.8) is 0 Å². The van der Waals surface area contributed by atoms with E-state index in [4.69, 9.17) is 19.7 Å². The summed E-state index contributed by atoms with van der Waals surface area (Å²) in [4.78, 5) is 40.8. The van der Waals surface area contributed by atoms with E-state index in [1.54, 1.807) is 94.1 Å². The van der Waals surface area contributed by atoms with Gasteiger partial charge in [0.15, 0.2) is 0 Å². The molecule has 0 aliphatic heterocycles. The molecule has 11 heteroatoms. The van der Waals surface area contributed by atoms with Gasteiger partial charge in [-0.15, -0.1) is 0 Å². The van der Waals surface area contributed by atoms with Crippen LogP contribution in [0.5, 0.6) is 11.5 Å². The van der Waals surface area contributed by atoms with Crippen molar-refractivity contribution in [2.24, 2.45) is 0 Å². The Kier molecular flexibility index (Phi) is 65.5. The van der Waals surface area contributed by atoms with Gasteiger partial charge in [-0.3, -0.25) is 9.59 Å². The van der Waals surface area contributed by atoms with Gasteiger partial charge in [0, 0.05) is 60.8 Å². The third-order valence-electron chi connectivity index (χ3n) is 5.08. The van der Waals surface area contributed by atoms with Crippen LogP contribution in [0.2, 0.25) is 0 Å². The van der Waals surface area contributed by atoms with Crippen LogP contribution in [-0.2, 0) is 58.2 Å². The molecule has 0 aromatic heterocycles. The predicted octanol–water partition coefficient (Wildman–Crippen LogP) is 11.8. The minimum Gasteiger partial charge on any atom is -0.497 e. The Morgan fingerprint density at radius 1 is 0.482 bits per heavy atom. The summed E-state index contributed by atoms with van der Waals surface area (Å²) >= 11 is 0. The van der Waals surface area contributed by atoms with Crippen molar-refractivity contribution in [3.8, 4) is 11.5 Å². The van der Waals surface area contributed by atoms with Gasteiger partial charge in [-0.25, -0.2) is 9.59 Å². The van der Waals surface area contributed by atoms with Gasteiger partial charge in [0.05, 0.1) is 25.3 Å². The number of carboxylic acids is 2. The van der Waals surface area contributed by atoms with Crippen LogP contribution in [-0.4, -0.2) is 62.5 Å². The maximum atomic E-state index is 10.8. The summed E-state index contributed by atoms with van der Waals surface area (Å²) in [6.07, 6.45) is 0.838. The molecule has 0 fully saturated rings. The number of ether oxygens (including phenoxy) is 4. The van der Waals surface area contributed by atoms with Crippen molar-refractivity contribution in [3.05, 3.63) is 131 Å². The summed E-state index contributed by atoms with van der Waals surface area (Å²) in [7, 11) is 6.26. The van der Waals surface area contributed by atoms with Crippen molar-refractivity contribution in [2.45, 2.75) is 90.5 Å². The van der Waals surface area contributed by atoms with Gasteiger partial charge in [0.1, 0.15) is 11.5 Å². The second kappa shape index (κ2) is 52.7. The van der Waals surface area contributed by atoms with Crippen LogP contribution < -0.4 is 9.47 Å². The SMILES string of the molecule is C.C.CC.CC.CC.CC.COC.COC(C)=O.COc1ccc(Cc2ccc(OC(C)=O)cc2)cc1.O=C(O)c1ccccc1.O=C(O)c1ccccc1.[Y]. The van der Waals surface area contributed by atoms with Crippen LogP contribution >= 0.6 is 0 Å². The minimum absolute atomic E-state index is 0. The van der Waals surface area contributed by atoms with E-state index < -0.39 is 11.9 Å². The van der Waals surface area contributed by atoms with Gasteiger partial charge in [0.2, 0.25) is 0 Å². The molecule has 1 radical (unpaired) electrons. The summed E-state index contributed by atoms with van der Waals surface area (Å²) in [5.74, 6) is -0.876. The number of hydrogen-bond donors (Lipinski definition) is 2. The fourth-order valence-corrected chi connectivity index (χ4v) is 2.98. The third kappa shape index (κ3) is 44.0. The smallest absolute Gasteiger partial charge is 0.335 e. The average molecular weight is 862 g/mol. The van der Waals surface area contributed by atoms with Crippen LogP contribution in [0, 0.1) is 0 Å². The van der Waals surface area contributed by atoms with E-state index >= 15 is 0 Å². The van der Waals surface area contributed by atoms with Gasteiger partial charge in [0.25, 0.3) is 0 Å². The number of carbonyl (C=O) groups excluding carboxylic acids is 2. The standard InChI is InChI=1S/C16H16O3.2C7H6O2.C3H6O2.C2H6O.4C2H6.2CH4.Y/c1-12(17)19-16-9-5-14(6-10-16)11-13-3-7-15(18-2)8-4-13;2*8-7(9)6-4-2-1-3-5-6;1-3(4)5-2;1-3-2;4*1-2;;;/h3-10H,11H2,1-2H3;2*1-5H,(H,8,9);1-2H3;1-2H3;4*1-2H3;2*1H4;. The third-order valence-corrected chi connectivity index (χ3v) is 5.08. The van der Waals surface area contributed by atoms with E-state index in [9.17, 15) is 19.2 Å². The number of methoxy groups -OCH3 is 3. The van der Waals surface area contributed by atoms with Gasteiger partial charge >= 0.3 is 23.9 Å². The molecule has 315 valence electrons. The van der Waals surface area contributed by atoms with E-state index in [1.165, 1.54) is 32.1 Å². The Morgan fingerprint density at radius 3 is 0.946 bits per heavy atom. The van der Waals surface area contributed by atoms with Gasteiger partial charge in [-0.1, -0.05) is 131 Å². The normalized spacial score (nSPS) is 7.61. The van der Waals surface area contributed by atoms with Gasteiger partial charge < -0.3 is 29.2 Å². The molecule has 0 spiro atoms. The van der Waals surface area contributed by atoms with Crippen molar-refractivity contribution in [1.29, 1.82) is 0 Å². The molecule has 0 unspecified atom stereocenters. The Hall–Kier alpha value is -4.38. The maximum Gasteiger partial charge on any atom is 0.335 e. The molecular weight excluding hydrogens is 789 g/mol.